The molecule has 1 saturated heterocycles. The van der Waals surface area contributed by atoms with E-state index in [9.17, 15) is 4.79 Å². The van der Waals surface area contributed by atoms with Gasteiger partial charge in [-0.15, -0.1) is 0 Å². The maximum absolute atomic E-state index is 12.3. The van der Waals surface area contributed by atoms with E-state index in [1.165, 1.54) is 6.20 Å². The molecule has 24 heavy (non-hydrogen) atoms. The van der Waals surface area contributed by atoms with Gasteiger partial charge in [-0.1, -0.05) is 6.07 Å². The molecule has 0 saturated carbocycles. The van der Waals surface area contributed by atoms with Crippen LogP contribution in [-0.2, 0) is 0 Å². The molecule has 0 spiro atoms. The van der Waals surface area contributed by atoms with E-state index in [2.05, 4.69) is 25.2 Å². The first-order valence-electron chi connectivity index (χ1n) is 8.17. The van der Waals surface area contributed by atoms with Crippen molar-refractivity contribution in [2.75, 3.05) is 30.3 Å². The van der Waals surface area contributed by atoms with E-state index in [1.54, 1.807) is 6.92 Å². The van der Waals surface area contributed by atoms with Crippen LogP contribution in [0.15, 0.2) is 30.6 Å². The lowest BCUT2D eigenvalue weighted by Gasteiger charge is -2.33. The highest BCUT2D eigenvalue weighted by Gasteiger charge is 2.22. The Morgan fingerprint density at radius 3 is 3.04 bits per heavy atom. The third kappa shape index (κ3) is 3.79. The molecular weight excluding hydrogens is 304 g/mol. The van der Waals surface area contributed by atoms with Crippen molar-refractivity contribution in [3.05, 3.63) is 41.9 Å². The van der Waals surface area contributed by atoms with Crippen LogP contribution in [0, 0.1) is 12.8 Å². The lowest BCUT2D eigenvalue weighted by molar-refractivity contribution is 0.0944. The number of rotatable bonds is 4. The minimum absolute atomic E-state index is 0.151. The van der Waals surface area contributed by atoms with Gasteiger partial charge in [-0.2, -0.15) is 0 Å². The summed E-state index contributed by atoms with van der Waals surface area (Å²) in [5, 5.41) is 2.99. The molecule has 1 aliphatic rings. The number of carbonyl (C=O) groups excluding carboxylic acids is 1. The number of nitrogens with one attached hydrogen (secondary N) is 1. The molecule has 1 atom stereocenters. The first-order chi connectivity index (χ1) is 11.6. The van der Waals surface area contributed by atoms with Gasteiger partial charge in [0.25, 0.3) is 5.91 Å². The van der Waals surface area contributed by atoms with Crippen molar-refractivity contribution >= 4 is 17.7 Å². The van der Waals surface area contributed by atoms with E-state index in [1.807, 2.05) is 24.4 Å². The number of hydrogen-bond acceptors (Lipinski definition) is 6. The molecule has 0 aliphatic carbocycles. The lowest BCUT2D eigenvalue weighted by atomic mass is 9.98. The third-order valence-electron chi connectivity index (χ3n) is 4.29. The Balaban J connectivity index is 1.57. The van der Waals surface area contributed by atoms with Crippen LogP contribution in [0.25, 0.3) is 0 Å². The van der Waals surface area contributed by atoms with Crippen molar-refractivity contribution in [2.24, 2.45) is 5.92 Å². The number of piperidine rings is 1. The summed E-state index contributed by atoms with van der Waals surface area (Å²) in [5.41, 5.74) is 6.59. The molecule has 2 aromatic heterocycles. The summed E-state index contributed by atoms with van der Waals surface area (Å²) in [4.78, 5) is 26.9. The normalized spacial score (nSPS) is 17.5. The molecule has 0 aromatic carbocycles. The minimum Gasteiger partial charge on any atom is -0.368 e. The van der Waals surface area contributed by atoms with Crippen LogP contribution in [0.1, 0.15) is 28.9 Å². The molecule has 1 fully saturated rings. The van der Waals surface area contributed by atoms with Crippen LogP contribution in [0.3, 0.4) is 0 Å². The molecule has 126 valence electrons. The fourth-order valence-electron chi connectivity index (χ4n) is 3.02. The van der Waals surface area contributed by atoms with E-state index in [0.29, 0.717) is 23.7 Å². The summed E-state index contributed by atoms with van der Waals surface area (Å²) in [6.45, 7) is 4.29. The Labute approximate surface area is 141 Å². The van der Waals surface area contributed by atoms with Crippen molar-refractivity contribution in [1.29, 1.82) is 0 Å². The first kappa shape index (κ1) is 16.2. The highest BCUT2D eigenvalue weighted by atomic mass is 16.1. The number of anilines is 2. The van der Waals surface area contributed by atoms with E-state index in [-0.39, 0.29) is 11.9 Å². The van der Waals surface area contributed by atoms with Crippen LogP contribution in [0.5, 0.6) is 0 Å². The number of nitrogen functional groups attached to an aromatic ring is 1. The van der Waals surface area contributed by atoms with E-state index in [0.717, 1.165) is 31.7 Å². The molecule has 1 aliphatic heterocycles. The van der Waals surface area contributed by atoms with Gasteiger partial charge < -0.3 is 16.0 Å². The minimum atomic E-state index is -0.151. The summed E-state index contributed by atoms with van der Waals surface area (Å²) in [6.07, 6.45) is 5.49. The SMILES string of the molecule is Cc1nc(N)ncc1C(=O)NC[C@@H]1CCCN(c2ccccn2)C1. The first-order valence-corrected chi connectivity index (χ1v) is 8.17. The molecule has 2 aromatic rings. The maximum atomic E-state index is 12.3. The monoisotopic (exact) mass is 326 g/mol. The molecule has 0 bridgehead atoms. The number of amides is 1. The summed E-state index contributed by atoms with van der Waals surface area (Å²) < 4.78 is 0. The predicted octanol–water partition coefficient (Wildman–Crippen LogP) is 1.41. The van der Waals surface area contributed by atoms with Crippen LogP contribution in [0.2, 0.25) is 0 Å². The Morgan fingerprint density at radius 2 is 2.29 bits per heavy atom. The highest BCUT2D eigenvalue weighted by molar-refractivity contribution is 5.94. The maximum Gasteiger partial charge on any atom is 0.254 e. The van der Waals surface area contributed by atoms with Gasteiger partial charge in [0.2, 0.25) is 5.95 Å². The number of nitrogens with zero attached hydrogens (tertiary/aromatic N) is 4. The summed E-state index contributed by atoms with van der Waals surface area (Å²) in [5.74, 6) is 1.43. The lowest BCUT2D eigenvalue weighted by Crippen LogP contribution is -2.41. The summed E-state index contributed by atoms with van der Waals surface area (Å²) >= 11 is 0. The standard InChI is InChI=1S/C17H22N6O/c1-12-14(10-21-17(18)22-12)16(24)20-9-13-5-4-8-23(11-13)15-6-2-3-7-19-15/h2-3,6-7,10,13H,4-5,8-9,11H2,1H3,(H,20,24)(H2,18,21,22)/t13-/m0/s1. The zero-order valence-corrected chi connectivity index (χ0v) is 13.8. The van der Waals surface area contributed by atoms with Crippen LogP contribution >= 0.6 is 0 Å². The average Bonchev–Trinajstić information content (AvgIpc) is 2.61. The van der Waals surface area contributed by atoms with Gasteiger partial charge in [0.15, 0.2) is 0 Å². The smallest absolute Gasteiger partial charge is 0.254 e. The molecule has 3 rings (SSSR count). The van der Waals surface area contributed by atoms with Gasteiger partial charge in [0.1, 0.15) is 5.82 Å². The zero-order chi connectivity index (χ0) is 16.9. The van der Waals surface area contributed by atoms with Crippen LogP contribution in [-0.4, -0.2) is 40.5 Å². The fourth-order valence-corrected chi connectivity index (χ4v) is 3.02. The average molecular weight is 326 g/mol. The van der Waals surface area contributed by atoms with Gasteiger partial charge >= 0.3 is 0 Å². The van der Waals surface area contributed by atoms with Crippen molar-refractivity contribution in [3.63, 3.8) is 0 Å². The van der Waals surface area contributed by atoms with Gasteiger partial charge in [-0.05, 0) is 37.8 Å². The number of aromatic nitrogens is 3. The molecule has 7 nitrogen and oxygen atoms in total. The number of carbonyl (C=O) groups is 1. The molecule has 0 unspecified atom stereocenters. The molecule has 1 amide bonds. The molecule has 7 heteroatoms. The fraction of sp³-hybridized carbons (Fsp3) is 0.412. The highest BCUT2D eigenvalue weighted by Crippen LogP contribution is 2.20. The second-order valence-electron chi connectivity index (χ2n) is 6.08. The predicted molar refractivity (Wildman–Crippen MR) is 92.7 cm³/mol. The van der Waals surface area contributed by atoms with E-state index in [4.69, 9.17) is 5.73 Å². The second kappa shape index (κ2) is 7.25. The molecule has 0 radical (unpaired) electrons. The van der Waals surface area contributed by atoms with E-state index < -0.39 is 0 Å². The Kier molecular flexibility index (Phi) is 4.88. The molecular formula is C17H22N6O. The van der Waals surface area contributed by atoms with Gasteiger partial charge in [-0.25, -0.2) is 15.0 Å². The van der Waals surface area contributed by atoms with Gasteiger partial charge in [0, 0.05) is 32.0 Å². The quantitative estimate of drug-likeness (QED) is 0.882. The third-order valence-corrected chi connectivity index (χ3v) is 4.29. The molecule has 3 N–H and O–H groups in total. The molecule has 3 heterocycles. The number of pyridine rings is 1. The van der Waals surface area contributed by atoms with Crippen molar-refractivity contribution in [1.82, 2.24) is 20.3 Å². The zero-order valence-electron chi connectivity index (χ0n) is 13.8. The van der Waals surface area contributed by atoms with E-state index >= 15 is 0 Å². The number of hydrogen-bond donors (Lipinski definition) is 2. The van der Waals surface area contributed by atoms with Crippen LogP contribution in [0.4, 0.5) is 11.8 Å². The largest absolute Gasteiger partial charge is 0.368 e. The Bertz CT molecular complexity index is 705. The van der Waals surface area contributed by atoms with Gasteiger partial charge in [-0.3, -0.25) is 4.79 Å². The van der Waals surface area contributed by atoms with Crippen molar-refractivity contribution < 1.29 is 4.79 Å². The topological polar surface area (TPSA) is 97.0 Å². The second-order valence-corrected chi connectivity index (χ2v) is 6.08. The van der Waals surface area contributed by atoms with Gasteiger partial charge in [0.05, 0.1) is 11.3 Å². The van der Waals surface area contributed by atoms with Crippen LogP contribution < -0.4 is 16.0 Å². The summed E-state index contributed by atoms with van der Waals surface area (Å²) in [6, 6.07) is 5.94. The van der Waals surface area contributed by atoms with Crippen molar-refractivity contribution in [3.8, 4) is 0 Å². The summed E-state index contributed by atoms with van der Waals surface area (Å²) in [7, 11) is 0. The number of nitrogens with two attached hydrogens (primary N) is 1. The number of aryl methyl sites for hydroxylation is 1. The van der Waals surface area contributed by atoms with Crippen molar-refractivity contribution in [2.45, 2.75) is 19.8 Å². The Morgan fingerprint density at radius 1 is 1.42 bits per heavy atom. The Hall–Kier alpha value is -2.70.